The SMILES string of the molecule is Nc1cc(S(=O)(=O)N2CCCC2)ccc1N1CCCCC1. The number of sulfonamides is 1. The quantitative estimate of drug-likeness (QED) is 0.868. The molecule has 21 heavy (non-hydrogen) atoms. The Bertz CT molecular complexity index is 603. The first kappa shape index (κ1) is 14.7. The van der Waals surface area contributed by atoms with Crippen molar-refractivity contribution < 1.29 is 8.42 Å². The van der Waals surface area contributed by atoms with Gasteiger partial charge in [-0.25, -0.2) is 8.42 Å². The molecule has 0 aromatic heterocycles. The minimum absolute atomic E-state index is 0.322. The third kappa shape index (κ3) is 2.87. The highest BCUT2D eigenvalue weighted by atomic mass is 32.2. The molecule has 0 aliphatic carbocycles. The summed E-state index contributed by atoms with van der Waals surface area (Å²) < 4.78 is 26.6. The van der Waals surface area contributed by atoms with Crippen LogP contribution in [-0.2, 0) is 10.0 Å². The van der Waals surface area contributed by atoms with Crippen LogP contribution in [0, 0.1) is 0 Å². The number of nitrogens with two attached hydrogens (primary N) is 1. The summed E-state index contributed by atoms with van der Waals surface area (Å²) in [6.07, 6.45) is 5.50. The molecular formula is C15H23N3O2S. The Morgan fingerprint density at radius 1 is 0.905 bits per heavy atom. The van der Waals surface area contributed by atoms with Crippen LogP contribution in [0.5, 0.6) is 0 Å². The van der Waals surface area contributed by atoms with E-state index in [-0.39, 0.29) is 0 Å². The minimum Gasteiger partial charge on any atom is -0.397 e. The lowest BCUT2D eigenvalue weighted by molar-refractivity contribution is 0.477. The van der Waals surface area contributed by atoms with Gasteiger partial charge in [-0.3, -0.25) is 0 Å². The summed E-state index contributed by atoms with van der Waals surface area (Å²) in [5.41, 5.74) is 7.66. The van der Waals surface area contributed by atoms with E-state index in [2.05, 4.69) is 4.90 Å². The summed E-state index contributed by atoms with van der Waals surface area (Å²) in [6.45, 7) is 3.25. The summed E-state index contributed by atoms with van der Waals surface area (Å²) >= 11 is 0. The van der Waals surface area contributed by atoms with Crippen molar-refractivity contribution in [3.8, 4) is 0 Å². The lowest BCUT2D eigenvalue weighted by Gasteiger charge is -2.30. The first-order valence-electron chi connectivity index (χ1n) is 7.74. The first-order chi connectivity index (χ1) is 10.1. The Morgan fingerprint density at radius 2 is 1.52 bits per heavy atom. The van der Waals surface area contributed by atoms with E-state index < -0.39 is 10.0 Å². The molecule has 1 aromatic carbocycles. The van der Waals surface area contributed by atoms with Gasteiger partial charge in [0.15, 0.2) is 0 Å². The van der Waals surface area contributed by atoms with Gasteiger partial charge in [0.2, 0.25) is 10.0 Å². The van der Waals surface area contributed by atoms with Crippen molar-refractivity contribution in [2.24, 2.45) is 0 Å². The molecule has 2 aliphatic heterocycles. The van der Waals surface area contributed by atoms with Gasteiger partial charge >= 0.3 is 0 Å². The summed E-state index contributed by atoms with van der Waals surface area (Å²) in [7, 11) is -3.37. The standard InChI is InChI=1S/C15H23N3O2S/c16-14-12-13(21(19,20)18-10-4-5-11-18)6-7-15(14)17-8-2-1-3-9-17/h6-7,12H,1-5,8-11,16H2. The van der Waals surface area contributed by atoms with Gasteiger partial charge in [0.05, 0.1) is 16.3 Å². The molecule has 0 radical (unpaired) electrons. The van der Waals surface area contributed by atoms with E-state index in [1.807, 2.05) is 6.07 Å². The van der Waals surface area contributed by atoms with Gasteiger partial charge in [0.25, 0.3) is 0 Å². The number of benzene rings is 1. The fourth-order valence-corrected chi connectivity index (χ4v) is 4.75. The van der Waals surface area contributed by atoms with Crippen LogP contribution in [0.3, 0.4) is 0 Å². The molecule has 2 fully saturated rings. The zero-order valence-electron chi connectivity index (χ0n) is 12.3. The fourth-order valence-electron chi connectivity index (χ4n) is 3.19. The van der Waals surface area contributed by atoms with Crippen molar-refractivity contribution in [3.05, 3.63) is 18.2 Å². The van der Waals surface area contributed by atoms with E-state index in [0.717, 1.165) is 31.6 Å². The van der Waals surface area contributed by atoms with Crippen molar-refractivity contribution in [2.75, 3.05) is 36.8 Å². The van der Waals surface area contributed by atoms with Crippen LogP contribution in [0.15, 0.2) is 23.1 Å². The maximum Gasteiger partial charge on any atom is 0.243 e. The normalized spacial score (nSPS) is 20.9. The summed E-state index contributed by atoms with van der Waals surface area (Å²) in [5, 5.41) is 0. The van der Waals surface area contributed by atoms with E-state index >= 15 is 0 Å². The van der Waals surface area contributed by atoms with Crippen molar-refractivity contribution >= 4 is 21.4 Å². The van der Waals surface area contributed by atoms with Crippen molar-refractivity contribution in [3.63, 3.8) is 0 Å². The Balaban J connectivity index is 1.86. The van der Waals surface area contributed by atoms with Gasteiger partial charge in [0, 0.05) is 26.2 Å². The van der Waals surface area contributed by atoms with Crippen LogP contribution in [0.1, 0.15) is 32.1 Å². The second-order valence-electron chi connectivity index (χ2n) is 5.88. The Kier molecular flexibility index (Phi) is 4.08. The van der Waals surface area contributed by atoms with Crippen LogP contribution in [0.25, 0.3) is 0 Å². The molecule has 5 nitrogen and oxygen atoms in total. The van der Waals surface area contributed by atoms with Gasteiger partial charge in [-0.15, -0.1) is 0 Å². The van der Waals surface area contributed by atoms with E-state index in [1.165, 1.54) is 19.3 Å². The average molecular weight is 309 g/mol. The summed E-state index contributed by atoms with van der Waals surface area (Å²) in [6, 6.07) is 5.19. The zero-order valence-corrected chi connectivity index (χ0v) is 13.1. The molecule has 2 aliphatic rings. The molecule has 0 saturated carbocycles. The third-order valence-electron chi connectivity index (χ3n) is 4.40. The monoisotopic (exact) mass is 309 g/mol. The van der Waals surface area contributed by atoms with Crippen LogP contribution in [0.2, 0.25) is 0 Å². The molecule has 116 valence electrons. The predicted molar refractivity (Wildman–Crippen MR) is 84.9 cm³/mol. The smallest absolute Gasteiger partial charge is 0.243 e. The van der Waals surface area contributed by atoms with Gasteiger partial charge in [0.1, 0.15) is 0 Å². The van der Waals surface area contributed by atoms with Crippen LogP contribution >= 0.6 is 0 Å². The molecular weight excluding hydrogens is 286 g/mol. The van der Waals surface area contributed by atoms with E-state index in [4.69, 9.17) is 5.73 Å². The van der Waals surface area contributed by atoms with Crippen molar-refractivity contribution in [2.45, 2.75) is 37.0 Å². The van der Waals surface area contributed by atoms with E-state index in [0.29, 0.717) is 23.7 Å². The molecule has 0 bridgehead atoms. The molecule has 0 unspecified atom stereocenters. The summed E-state index contributed by atoms with van der Waals surface area (Å²) in [4.78, 5) is 2.58. The van der Waals surface area contributed by atoms with Crippen molar-refractivity contribution in [1.29, 1.82) is 0 Å². The number of hydrogen-bond donors (Lipinski definition) is 1. The van der Waals surface area contributed by atoms with Crippen LogP contribution in [-0.4, -0.2) is 38.9 Å². The highest BCUT2D eigenvalue weighted by Crippen LogP contribution is 2.30. The second kappa shape index (κ2) is 5.85. The molecule has 6 heteroatoms. The molecule has 2 heterocycles. The molecule has 0 spiro atoms. The van der Waals surface area contributed by atoms with E-state index in [9.17, 15) is 8.42 Å². The van der Waals surface area contributed by atoms with Gasteiger partial charge in [-0.2, -0.15) is 4.31 Å². The van der Waals surface area contributed by atoms with Crippen LogP contribution < -0.4 is 10.6 Å². The average Bonchev–Trinajstić information content (AvgIpc) is 3.03. The Hall–Kier alpha value is -1.27. The maximum atomic E-state index is 12.5. The van der Waals surface area contributed by atoms with E-state index in [1.54, 1.807) is 16.4 Å². The lowest BCUT2D eigenvalue weighted by atomic mass is 10.1. The summed E-state index contributed by atoms with van der Waals surface area (Å²) in [5.74, 6) is 0. The first-order valence-corrected chi connectivity index (χ1v) is 9.18. The number of nitrogens with zero attached hydrogens (tertiary/aromatic N) is 2. The fraction of sp³-hybridized carbons (Fsp3) is 0.600. The number of nitrogen functional groups attached to an aromatic ring is 1. The highest BCUT2D eigenvalue weighted by molar-refractivity contribution is 7.89. The van der Waals surface area contributed by atoms with Gasteiger partial charge < -0.3 is 10.6 Å². The third-order valence-corrected chi connectivity index (χ3v) is 6.29. The highest BCUT2D eigenvalue weighted by Gasteiger charge is 2.27. The zero-order chi connectivity index (χ0) is 14.9. The number of anilines is 2. The lowest BCUT2D eigenvalue weighted by Crippen LogP contribution is -2.30. The number of rotatable bonds is 3. The molecule has 0 atom stereocenters. The van der Waals surface area contributed by atoms with Gasteiger partial charge in [-0.05, 0) is 50.3 Å². The minimum atomic E-state index is -3.37. The Morgan fingerprint density at radius 3 is 2.14 bits per heavy atom. The predicted octanol–water partition coefficient (Wildman–Crippen LogP) is 2.04. The number of piperidine rings is 1. The molecule has 0 amide bonds. The topological polar surface area (TPSA) is 66.6 Å². The van der Waals surface area contributed by atoms with Crippen molar-refractivity contribution in [1.82, 2.24) is 4.31 Å². The molecule has 2 N–H and O–H groups in total. The van der Waals surface area contributed by atoms with Crippen LogP contribution in [0.4, 0.5) is 11.4 Å². The number of hydrogen-bond acceptors (Lipinski definition) is 4. The molecule has 2 saturated heterocycles. The molecule has 3 rings (SSSR count). The largest absolute Gasteiger partial charge is 0.397 e. The second-order valence-corrected chi connectivity index (χ2v) is 7.82. The van der Waals surface area contributed by atoms with Gasteiger partial charge in [-0.1, -0.05) is 0 Å². The Labute approximate surface area is 126 Å². The maximum absolute atomic E-state index is 12.5. The molecule has 1 aromatic rings.